The summed E-state index contributed by atoms with van der Waals surface area (Å²) >= 11 is 0. The third kappa shape index (κ3) is 2.66. The van der Waals surface area contributed by atoms with Gasteiger partial charge >= 0.3 is 6.03 Å². The second-order valence-electron chi connectivity index (χ2n) is 6.70. The molecule has 0 bridgehead atoms. The molecule has 3 heterocycles. The maximum absolute atomic E-state index is 12.9. The van der Waals surface area contributed by atoms with E-state index in [1.54, 1.807) is 37.6 Å². The minimum atomic E-state index is -1.23. The highest BCUT2D eigenvalue weighted by molar-refractivity contribution is 6.16. The molecule has 3 rings (SSSR count). The number of nitrogens with zero attached hydrogens (tertiary/aromatic N) is 5. The molecular formula is C18H21N5O4. The molecule has 0 unspecified atom stereocenters. The lowest BCUT2D eigenvalue weighted by molar-refractivity contribution is -0.621. The fraction of sp³-hybridized carbons (Fsp3) is 0.389. The van der Waals surface area contributed by atoms with E-state index in [0.717, 1.165) is 20.2 Å². The van der Waals surface area contributed by atoms with Crippen molar-refractivity contribution in [2.75, 3.05) is 14.1 Å². The van der Waals surface area contributed by atoms with Crippen LogP contribution in [0.4, 0.5) is 4.79 Å². The van der Waals surface area contributed by atoms with E-state index >= 15 is 0 Å². The fourth-order valence-electron chi connectivity index (χ4n) is 3.49. The number of amides is 4. The summed E-state index contributed by atoms with van der Waals surface area (Å²) in [5.74, 6) is -3.10. The lowest BCUT2D eigenvalue weighted by Crippen LogP contribution is -2.59. The van der Waals surface area contributed by atoms with Crippen LogP contribution in [-0.2, 0) is 16.6 Å². The van der Waals surface area contributed by atoms with Crippen molar-refractivity contribution >= 4 is 17.8 Å². The third-order valence-corrected chi connectivity index (χ3v) is 5.33. The number of pyridine rings is 1. The average molecular weight is 371 g/mol. The molecule has 1 fully saturated rings. The van der Waals surface area contributed by atoms with Crippen molar-refractivity contribution in [3.63, 3.8) is 0 Å². The molecule has 0 aliphatic carbocycles. The Kier molecular flexibility index (Phi) is 4.46. The number of hydrogen-bond donors (Lipinski definition) is 0. The molecule has 1 atom stereocenters. The van der Waals surface area contributed by atoms with E-state index in [1.807, 2.05) is 0 Å². The molecule has 9 heteroatoms. The van der Waals surface area contributed by atoms with E-state index in [1.165, 1.54) is 26.5 Å². The van der Waals surface area contributed by atoms with Crippen LogP contribution < -0.4 is 4.73 Å². The van der Waals surface area contributed by atoms with Gasteiger partial charge in [-0.05, 0) is 17.7 Å². The number of hydrogen-bond acceptors (Lipinski definition) is 5. The summed E-state index contributed by atoms with van der Waals surface area (Å²) in [5.41, 5.74) is 1.81. The van der Waals surface area contributed by atoms with Gasteiger partial charge in [-0.15, -0.1) is 0 Å². The van der Waals surface area contributed by atoms with Gasteiger partial charge in [0.25, 0.3) is 5.82 Å². The van der Waals surface area contributed by atoms with Crippen molar-refractivity contribution < 1.29 is 19.1 Å². The van der Waals surface area contributed by atoms with Crippen LogP contribution in [0.5, 0.6) is 0 Å². The minimum absolute atomic E-state index is 0.263. The molecule has 0 aromatic carbocycles. The van der Waals surface area contributed by atoms with Gasteiger partial charge in [-0.25, -0.2) is 14.1 Å². The molecule has 9 nitrogen and oxygen atoms in total. The van der Waals surface area contributed by atoms with E-state index in [0.29, 0.717) is 11.3 Å². The lowest BCUT2D eigenvalue weighted by atomic mass is 9.82. The quantitative estimate of drug-likeness (QED) is 0.443. The summed E-state index contributed by atoms with van der Waals surface area (Å²) in [6.45, 7) is 3.48. The van der Waals surface area contributed by atoms with Crippen LogP contribution in [-0.4, -0.2) is 51.3 Å². The molecule has 0 radical (unpaired) electrons. The summed E-state index contributed by atoms with van der Waals surface area (Å²) < 4.78 is 2.43. The van der Waals surface area contributed by atoms with Crippen molar-refractivity contribution in [3.8, 4) is 0 Å². The normalized spacial score (nSPS) is 17.0. The molecule has 2 aromatic heterocycles. The van der Waals surface area contributed by atoms with Crippen LogP contribution in [0.15, 0.2) is 24.5 Å². The minimum Gasteiger partial charge on any atom is -0.711 e. The van der Waals surface area contributed by atoms with Gasteiger partial charge in [-0.1, -0.05) is 0 Å². The number of aromatic nitrogens is 3. The number of carbonyl (C=O) groups is 3. The molecule has 4 amide bonds. The Morgan fingerprint density at radius 2 is 1.56 bits per heavy atom. The van der Waals surface area contributed by atoms with Crippen LogP contribution in [0.3, 0.4) is 0 Å². The summed E-state index contributed by atoms with van der Waals surface area (Å²) in [5, 5.41) is 12.9. The van der Waals surface area contributed by atoms with E-state index in [9.17, 15) is 19.6 Å². The van der Waals surface area contributed by atoms with Gasteiger partial charge in [0.15, 0.2) is 0 Å². The van der Waals surface area contributed by atoms with E-state index < -0.39 is 29.7 Å². The molecule has 27 heavy (non-hydrogen) atoms. The molecule has 1 saturated heterocycles. The zero-order valence-electron chi connectivity index (χ0n) is 15.8. The zero-order valence-corrected chi connectivity index (χ0v) is 15.8. The van der Waals surface area contributed by atoms with E-state index in [4.69, 9.17) is 0 Å². The molecule has 0 saturated carbocycles. The Labute approximate surface area is 156 Å². The van der Waals surface area contributed by atoms with Crippen molar-refractivity contribution in [3.05, 3.63) is 52.5 Å². The lowest BCUT2D eigenvalue weighted by Gasteiger charge is -2.35. The monoisotopic (exact) mass is 371 g/mol. The number of barbiturate groups is 1. The highest BCUT2D eigenvalue weighted by Crippen LogP contribution is 2.35. The van der Waals surface area contributed by atoms with Crippen molar-refractivity contribution in [1.29, 1.82) is 0 Å². The molecule has 2 aromatic rings. The molecule has 142 valence electrons. The van der Waals surface area contributed by atoms with Gasteiger partial charge in [-0.3, -0.25) is 24.4 Å². The average Bonchev–Trinajstić information content (AvgIpc) is 2.86. The molecular weight excluding hydrogens is 350 g/mol. The first-order valence-electron chi connectivity index (χ1n) is 8.42. The number of carbonyl (C=O) groups excluding carboxylic acids is 3. The molecule has 1 aliphatic rings. The predicted octanol–water partition coefficient (Wildman–Crippen LogP) is 0.469. The van der Waals surface area contributed by atoms with E-state index in [-0.39, 0.29) is 5.82 Å². The Bertz CT molecular complexity index is 887. The predicted molar refractivity (Wildman–Crippen MR) is 94.4 cm³/mol. The van der Waals surface area contributed by atoms with Gasteiger partial charge in [0.2, 0.25) is 11.8 Å². The Morgan fingerprint density at radius 3 is 2.00 bits per heavy atom. The van der Waals surface area contributed by atoms with Crippen molar-refractivity contribution in [1.82, 2.24) is 19.4 Å². The number of urea groups is 1. The van der Waals surface area contributed by atoms with Crippen LogP contribution in [0.1, 0.15) is 28.7 Å². The molecule has 1 aliphatic heterocycles. The summed E-state index contributed by atoms with van der Waals surface area (Å²) in [6, 6.07) is 2.64. The largest absolute Gasteiger partial charge is 0.711 e. The second-order valence-corrected chi connectivity index (χ2v) is 6.70. The zero-order chi connectivity index (χ0) is 20.0. The van der Waals surface area contributed by atoms with Gasteiger partial charge < -0.3 is 5.21 Å². The van der Waals surface area contributed by atoms with Gasteiger partial charge in [0.1, 0.15) is 23.2 Å². The summed E-state index contributed by atoms with van der Waals surface area (Å²) in [6.07, 6.45) is 3.08. The van der Waals surface area contributed by atoms with E-state index in [2.05, 4.69) is 4.98 Å². The maximum atomic E-state index is 12.9. The SMILES string of the molecule is Cc1c(C)[n+]([O-])c([C@@H](c2ccncc2)C2C(=O)N(C)C(=O)N(C)C2=O)n1C. The first kappa shape index (κ1) is 18.6. The number of imidazole rings is 1. The van der Waals surface area contributed by atoms with Crippen LogP contribution in [0, 0.1) is 25.0 Å². The van der Waals surface area contributed by atoms with Crippen molar-refractivity contribution in [2.24, 2.45) is 13.0 Å². The number of imide groups is 2. The van der Waals surface area contributed by atoms with Crippen LogP contribution in [0.25, 0.3) is 0 Å². The van der Waals surface area contributed by atoms with Crippen molar-refractivity contribution in [2.45, 2.75) is 19.8 Å². The fourth-order valence-corrected chi connectivity index (χ4v) is 3.49. The topological polar surface area (TPSA) is 102 Å². The smallest absolute Gasteiger partial charge is 0.332 e. The standard InChI is InChI=1S/C18H21N5O4/c1-10-11(2)23(27)15(20(10)3)13(12-6-8-19-9-7-12)14-16(24)21(4)18(26)22(5)17(14)25/h6-9,13-14H,1-5H3/t13-/m0/s1. The molecule has 0 N–H and O–H groups in total. The van der Waals surface area contributed by atoms with Gasteiger partial charge in [0.05, 0.1) is 7.05 Å². The highest BCUT2D eigenvalue weighted by Gasteiger charge is 2.51. The Hall–Kier alpha value is -3.23. The van der Waals surface area contributed by atoms with Crippen LogP contribution >= 0.6 is 0 Å². The Balaban J connectivity index is 2.27. The summed E-state index contributed by atoms with van der Waals surface area (Å²) in [7, 11) is 4.38. The highest BCUT2D eigenvalue weighted by atomic mass is 16.5. The van der Waals surface area contributed by atoms with Gasteiger partial charge in [0, 0.05) is 40.3 Å². The molecule has 0 spiro atoms. The van der Waals surface area contributed by atoms with Crippen LogP contribution in [0.2, 0.25) is 0 Å². The first-order chi connectivity index (χ1) is 12.7. The van der Waals surface area contributed by atoms with Gasteiger partial charge in [-0.2, -0.15) is 0 Å². The second kappa shape index (κ2) is 6.49. The summed E-state index contributed by atoms with van der Waals surface area (Å²) in [4.78, 5) is 43.7. The first-order valence-corrected chi connectivity index (χ1v) is 8.42. The Morgan fingerprint density at radius 1 is 1.04 bits per heavy atom. The maximum Gasteiger partial charge on any atom is 0.332 e. The third-order valence-electron chi connectivity index (χ3n) is 5.33. The number of rotatable bonds is 3.